The van der Waals surface area contributed by atoms with E-state index in [9.17, 15) is 9.59 Å². The van der Waals surface area contributed by atoms with E-state index in [1.807, 2.05) is 37.3 Å². The molecule has 2 rings (SSSR count). The largest absolute Gasteiger partial charge is 0.299 e. The van der Waals surface area contributed by atoms with Crippen molar-refractivity contribution < 1.29 is 9.59 Å². The molecular formula is C14H16O2. The molecule has 1 aromatic rings. The summed E-state index contributed by atoms with van der Waals surface area (Å²) in [4.78, 5) is 23.5. The number of Topliss-reactive ketones (excluding diaryl/α,β-unsaturated/α-hetero) is 2. The molecule has 0 aliphatic heterocycles. The van der Waals surface area contributed by atoms with E-state index >= 15 is 0 Å². The zero-order valence-electron chi connectivity index (χ0n) is 9.48. The molecule has 0 aromatic heterocycles. The van der Waals surface area contributed by atoms with Crippen LogP contribution in [0.2, 0.25) is 0 Å². The Morgan fingerprint density at radius 2 is 1.94 bits per heavy atom. The van der Waals surface area contributed by atoms with Crippen molar-refractivity contribution in [3.05, 3.63) is 35.9 Å². The number of hydrogen-bond donors (Lipinski definition) is 0. The Balaban J connectivity index is 2.09. The summed E-state index contributed by atoms with van der Waals surface area (Å²) in [5.41, 5.74) is 0.772. The molecule has 16 heavy (non-hydrogen) atoms. The van der Waals surface area contributed by atoms with Gasteiger partial charge in [0, 0.05) is 23.8 Å². The van der Waals surface area contributed by atoms with Gasteiger partial charge in [-0.3, -0.25) is 9.59 Å². The van der Waals surface area contributed by atoms with Gasteiger partial charge in [0.2, 0.25) is 0 Å². The molecule has 1 aliphatic carbocycles. The lowest BCUT2D eigenvalue weighted by Gasteiger charge is -2.24. The minimum absolute atomic E-state index is 0.0371. The van der Waals surface area contributed by atoms with Crippen LogP contribution in [0.3, 0.4) is 0 Å². The molecule has 0 N–H and O–H groups in total. The Morgan fingerprint density at radius 1 is 1.25 bits per heavy atom. The van der Waals surface area contributed by atoms with Gasteiger partial charge in [0.1, 0.15) is 5.78 Å². The lowest BCUT2D eigenvalue weighted by molar-refractivity contribution is -0.124. The maximum absolute atomic E-state index is 12.1. The van der Waals surface area contributed by atoms with Gasteiger partial charge in [-0.1, -0.05) is 37.3 Å². The van der Waals surface area contributed by atoms with Crippen LogP contribution in [-0.4, -0.2) is 11.6 Å². The third-order valence-corrected chi connectivity index (χ3v) is 3.36. The quantitative estimate of drug-likeness (QED) is 0.712. The Bertz CT molecular complexity index is 394. The average molecular weight is 216 g/mol. The molecule has 1 aromatic carbocycles. The zero-order valence-corrected chi connectivity index (χ0v) is 9.48. The van der Waals surface area contributed by atoms with Crippen LogP contribution >= 0.6 is 0 Å². The summed E-state index contributed by atoms with van der Waals surface area (Å²) in [6.07, 6.45) is 1.99. The van der Waals surface area contributed by atoms with Gasteiger partial charge in [0.25, 0.3) is 0 Å². The average Bonchev–Trinajstić information content (AvgIpc) is 2.33. The number of ketones is 2. The minimum Gasteiger partial charge on any atom is -0.299 e. The Hall–Kier alpha value is -1.44. The summed E-state index contributed by atoms with van der Waals surface area (Å²) in [6.45, 7) is 1.92. The molecule has 2 nitrogen and oxygen atoms in total. The Morgan fingerprint density at radius 3 is 2.56 bits per heavy atom. The maximum atomic E-state index is 12.1. The fourth-order valence-electron chi connectivity index (χ4n) is 2.32. The van der Waals surface area contributed by atoms with Gasteiger partial charge in [-0.15, -0.1) is 0 Å². The maximum Gasteiger partial charge on any atom is 0.165 e. The molecule has 0 bridgehead atoms. The van der Waals surface area contributed by atoms with Gasteiger partial charge in [0.05, 0.1) is 0 Å². The molecule has 1 fully saturated rings. The molecule has 2 heteroatoms. The molecule has 0 spiro atoms. The van der Waals surface area contributed by atoms with E-state index in [4.69, 9.17) is 0 Å². The summed E-state index contributed by atoms with van der Waals surface area (Å²) in [7, 11) is 0. The summed E-state index contributed by atoms with van der Waals surface area (Å²) in [6, 6.07) is 9.37. The van der Waals surface area contributed by atoms with Crippen LogP contribution in [0.15, 0.2) is 30.3 Å². The lowest BCUT2D eigenvalue weighted by Crippen LogP contribution is -2.27. The van der Waals surface area contributed by atoms with E-state index in [2.05, 4.69) is 0 Å². The second-order valence-corrected chi connectivity index (χ2v) is 4.57. The fraction of sp³-hybridized carbons (Fsp3) is 0.429. The first-order valence-electron chi connectivity index (χ1n) is 5.80. The van der Waals surface area contributed by atoms with Crippen LogP contribution < -0.4 is 0 Å². The minimum atomic E-state index is 0.0371. The number of hydrogen-bond acceptors (Lipinski definition) is 2. The van der Waals surface area contributed by atoms with Crippen LogP contribution in [0.1, 0.15) is 36.5 Å². The summed E-state index contributed by atoms with van der Waals surface area (Å²) >= 11 is 0. The van der Waals surface area contributed by atoms with E-state index in [0.717, 1.165) is 12.0 Å². The SMILES string of the molecule is CC1CC(C(=O)c2ccccc2)CCC1=O. The van der Waals surface area contributed by atoms with Crippen molar-refractivity contribution in [3.63, 3.8) is 0 Å². The molecular weight excluding hydrogens is 200 g/mol. The first-order valence-corrected chi connectivity index (χ1v) is 5.80. The standard InChI is InChI=1S/C14H16O2/c1-10-9-12(7-8-13(10)15)14(16)11-5-3-2-4-6-11/h2-6,10,12H,7-9H2,1H3. The van der Waals surface area contributed by atoms with Crippen molar-refractivity contribution >= 4 is 11.6 Å². The first-order chi connectivity index (χ1) is 7.68. The monoisotopic (exact) mass is 216 g/mol. The molecule has 84 valence electrons. The summed E-state index contributed by atoms with van der Waals surface area (Å²) in [5, 5.41) is 0. The van der Waals surface area contributed by atoms with Gasteiger partial charge in [-0.25, -0.2) is 0 Å². The van der Waals surface area contributed by atoms with Crippen molar-refractivity contribution in [2.45, 2.75) is 26.2 Å². The van der Waals surface area contributed by atoms with Gasteiger partial charge in [-0.05, 0) is 12.8 Å². The predicted octanol–water partition coefficient (Wildman–Crippen LogP) is 2.87. The number of carbonyl (C=O) groups excluding carboxylic acids is 2. The van der Waals surface area contributed by atoms with Crippen LogP contribution in [0, 0.1) is 11.8 Å². The van der Waals surface area contributed by atoms with Gasteiger partial charge >= 0.3 is 0 Å². The number of rotatable bonds is 2. The molecule has 0 amide bonds. The van der Waals surface area contributed by atoms with E-state index in [1.165, 1.54) is 0 Å². The molecule has 2 atom stereocenters. The van der Waals surface area contributed by atoms with Crippen molar-refractivity contribution in [1.82, 2.24) is 0 Å². The first kappa shape index (κ1) is 11.1. The van der Waals surface area contributed by atoms with Crippen LogP contribution in [0.25, 0.3) is 0 Å². The predicted molar refractivity (Wildman–Crippen MR) is 62.3 cm³/mol. The molecule has 1 saturated carbocycles. The molecule has 1 aliphatic rings. The second-order valence-electron chi connectivity index (χ2n) is 4.57. The van der Waals surface area contributed by atoms with Crippen LogP contribution in [-0.2, 0) is 4.79 Å². The van der Waals surface area contributed by atoms with Crippen molar-refractivity contribution in [2.24, 2.45) is 11.8 Å². The van der Waals surface area contributed by atoms with Crippen molar-refractivity contribution in [3.8, 4) is 0 Å². The Labute approximate surface area is 95.7 Å². The van der Waals surface area contributed by atoms with E-state index in [-0.39, 0.29) is 17.6 Å². The third kappa shape index (κ3) is 2.21. The third-order valence-electron chi connectivity index (χ3n) is 3.36. The van der Waals surface area contributed by atoms with E-state index in [1.54, 1.807) is 0 Å². The highest BCUT2D eigenvalue weighted by Crippen LogP contribution is 2.28. The summed E-state index contributed by atoms with van der Waals surface area (Å²) in [5.74, 6) is 0.582. The molecule has 0 radical (unpaired) electrons. The van der Waals surface area contributed by atoms with Gasteiger partial charge in [-0.2, -0.15) is 0 Å². The van der Waals surface area contributed by atoms with E-state index in [0.29, 0.717) is 18.6 Å². The normalized spacial score (nSPS) is 25.4. The van der Waals surface area contributed by atoms with Gasteiger partial charge in [0.15, 0.2) is 5.78 Å². The molecule has 2 unspecified atom stereocenters. The van der Waals surface area contributed by atoms with Gasteiger partial charge < -0.3 is 0 Å². The number of carbonyl (C=O) groups is 2. The molecule has 0 heterocycles. The summed E-state index contributed by atoms with van der Waals surface area (Å²) < 4.78 is 0. The fourth-order valence-corrected chi connectivity index (χ4v) is 2.32. The number of benzene rings is 1. The molecule has 0 saturated heterocycles. The highest BCUT2D eigenvalue weighted by Gasteiger charge is 2.30. The lowest BCUT2D eigenvalue weighted by atomic mass is 9.78. The van der Waals surface area contributed by atoms with E-state index < -0.39 is 0 Å². The zero-order chi connectivity index (χ0) is 11.5. The topological polar surface area (TPSA) is 34.1 Å². The Kier molecular flexibility index (Phi) is 3.18. The van der Waals surface area contributed by atoms with Crippen LogP contribution in [0.4, 0.5) is 0 Å². The van der Waals surface area contributed by atoms with Crippen LogP contribution in [0.5, 0.6) is 0 Å². The highest BCUT2D eigenvalue weighted by atomic mass is 16.1. The smallest absolute Gasteiger partial charge is 0.165 e. The highest BCUT2D eigenvalue weighted by molar-refractivity contribution is 5.99. The van der Waals surface area contributed by atoms with Crippen molar-refractivity contribution in [1.29, 1.82) is 0 Å². The van der Waals surface area contributed by atoms with Crippen molar-refractivity contribution in [2.75, 3.05) is 0 Å². The second kappa shape index (κ2) is 4.60.